The lowest BCUT2D eigenvalue weighted by Crippen LogP contribution is -2.48. The van der Waals surface area contributed by atoms with Crippen molar-refractivity contribution < 1.29 is 19.5 Å². The summed E-state index contributed by atoms with van der Waals surface area (Å²) in [6.07, 6.45) is 7.52. The number of hydrogen-bond acceptors (Lipinski definition) is 4. The molecule has 0 saturated carbocycles. The molecule has 0 radical (unpaired) electrons. The van der Waals surface area contributed by atoms with E-state index in [0.717, 1.165) is 25.7 Å². The van der Waals surface area contributed by atoms with Gasteiger partial charge in [0.2, 0.25) is 17.7 Å². The number of likely N-dealkylation sites (tertiary alicyclic amines) is 1. The molecule has 1 fully saturated rings. The fourth-order valence-corrected chi connectivity index (χ4v) is 4.47. The molecule has 1 aliphatic carbocycles. The number of rotatable bonds is 9. The van der Waals surface area contributed by atoms with Gasteiger partial charge in [-0.1, -0.05) is 38.8 Å². The number of allylic oxidation sites excluding steroid dienone is 1. The summed E-state index contributed by atoms with van der Waals surface area (Å²) in [6.45, 7) is 4.55. The van der Waals surface area contributed by atoms with Crippen molar-refractivity contribution >= 4 is 17.7 Å². The van der Waals surface area contributed by atoms with Crippen molar-refractivity contribution in [2.75, 3.05) is 26.7 Å². The number of unbranched alkanes of at least 4 members (excludes halogenated alkanes) is 1. The molecule has 7 nitrogen and oxygen atoms in total. The Labute approximate surface area is 161 Å². The largest absolute Gasteiger partial charge is 0.395 e. The van der Waals surface area contributed by atoms with E-state index < -0.39 is 17.9 Å². The third kappa shape index (κ3) is 4.34. The van der Waals surface area contributed by atoms with Crippen molar-refractivity contribution in [3.05, 3.63) is 12.2 Å². The van der Waals surface area contributed by atoms with E-state index in [2.05, 4.69) is 17.6 Å². The summed E-state index contributed by atoms with van der Waals surface area (Å²) >= 11 is 0. The first kappa shape index (κ1) is 21.4. The number of hydrogen-bond donors (Lipinski definition) is 3. The Balaban J connectivity index is 2.35. The van der Waals surface area contributed by atoms with Gasteiger partial charge in [0.25, 0.3) is 0 Å². The number of carbonyl (C=O) groups is 3. The zero-order chi connectivity index (χ0) is 20.0. The van der Waals surface area contributed by atoms with Crippen LogP contribution in [0.5, 0.6) is 0 Å². The number of β-amino-alcohol motifs (C(OH)–C–C–N with tert-alkyl or cyclic N) is 1. The molecule has 0 spiro atoms. The van der Waals surface area contributed by atoms with Crippen molar-refractivity contribution in [3.63, 3.8) is 0 Å². The van der Waals surface area contributed by atoms with Crippen LogP contribution in [0, 0.1) is 23.7 Å². The van der Waals surface area contributed by atoms with Gasteiger partial charge in [-0.15, -0.1) is 0 Å². The highest BCUT2D eigenvalue weighted by atomic mass is 16.3. The van der Waals surface area contributed by atoms with E-state index in [1.54, 1.807) is 7.05 Å². The van der Waals surface area contributed by atoms with Crippen LogP contribution >= 0.6 is 0 Å². The topological polar surface area (TPSA) is 98.7 Å². The zero-order valence-corrected chi connectivity index (χ0v) is 16.6. The monoisotopic (exact) mass is 379 g/mol. The summed E-state index contributed by atoms with van der Waals surface area (Å²) in [5.74, 6) is -1.96. The molecule has 2 rings (SSSR count). The van der Waals surface area contributed by atoms with Gasteiger partial charge in [0, 0.05) is 26.1 Å². The predicted molar refractivity (Wildman–Crippen MR) is 103 cm³/mol. The Morgan fingerprint density at radius 2 is 1.93 bits per heavy atom. The van der Waals surface area contributed by atoms with Gasteiger partial charge in [0.1, 0.15) is 6.04 Å². The zero-order valence-electron chi connectivity index (χ0n) is 16.6. The molecule has 0 aromatic rings. The van der Waals surface area contributed by atoms with Gasteiger partial charge < -0.3 is 20.6 Å². The fourth-order valence-electron chi connectivity index (χ4n) is 4.47. The van der Waals surface area contributed by atoms with E-state index in [9.17, 15) is 19.5 Å². The van der Waals surface area contributed by atoms with Crippen molar-refractivity contribution in [1.82, 2.24) is 15.5 Å². The normalized spacial score (nSPS) is 29.6. The number of nitrogens with one attached hydrogen (secondary N) is 2. The van der Waals surface area contributed by atoms with Crippen LogP contribution in [-0.2, 0) is 14.4 Å². The number of aliphatic hydroxyl groups is 1. The second-order valence-corrected chi connectivity index (χ2v) is 7.43. The molecule has 1 saturated heterocycles. The van der Waals surface area contributed by atoms with Crippen LogP contribution in [0.15, 0.2) is 12.2 Å². The van der Waals surface area contributed by atoms with Gasteiger partial charge in [0.15, 0.2) is 0 Å². The third-order valence-electron chi connectivity index (χ3n) is 5.72. The molecule has 1 heterocycles. The summed E-state index contributed by atoms with van der Waals surface area (Å²) in [6, 6.07) is -0.669. The molecule has 7 heteroatoms. The molecule has 0 bridgehead atoms. The number of amides is 3. The van der Waals surface area contributed by atoms with E-state index in [1.165, 1.54) is 4.90 Å². The van der Waals surface area contributed by atoms with Crippen molar-refractivity contribution in [2.24, 2.45) is 23.7 Å². The lowest BCUT2D eigenvalue weighted by atomic mass is 9.68. The van der Waals surface area contributed by atoms with E-state index in [1.807, 2.05) is 19.1 Å². The highest BCUT2D eigenvalue weighted by Gasteiger charge is 2.56. The lowest BCUT2D eigenvalue weighted by molar-refractivity contribution is -0.141. The first-order valence-electron chi connectivity index (χ1n) is 10.1. The molecular formula is C20H33N3O4. The maximum Gasteiger partial charge on any atom is 0.243 e. The summed E-state index contributed by atoms with van der Waals surface area (Å²) in [7, 11) is 1.58. The molecule has 1 aliphatic heterocycles. The van der Waals surface area contributed by atoms with Crippen molar-refractivity contribution in [2.45, 2.75) is 45.6 Å². The Bertz CT molecular complexity index is 578. The average molecular weight is 380 g/mol. The van der Waals surface area contributed by atoms with Crippen LogP contribution in [0.1, 0.15) is 39.5 Å². The Morgan fingerprint density at radius 3 is 2.52 bits per heavy atom. The van der Waals surface area contributed by atoms with Gasteiger partial charge in [-0.3, -0.25) is 14.4 Å². The maximum absolute atomic E-state index is 13.2. The van der Waals surface area contributed by atoms with E-state index in [4.69, 9.17) is 0 Å². The molecule has 3 amide bonds. The Kier molecular flexibility index (Phi) is 7.83. The number of fused-ring (bicyclic) bond motifs is 1. The number of carbonyl (C=O) groups excluding carboxylic acids is 3. The van der Waals surface area contributed by atoms with E-state index in [-0.39, 0.29) is 42.7 Å². The Hall–Kier alpha value is -1.89. The smallest absolute Gasteiger partial charge is 0.243 e. The first-order chi connectivity index (χ1) is 13.0. The summed E-state index contributed by atoms with van der Waals surface area (Å²) in [5, 5.41) is 15.0. The molecular weight excluding hydrogens is 346 g/mol. The second kappa shape index (κ2) is 9.88. The van der Waals surface area contributed by atoms with E-state index >= 15 is 0 Å². The number of nitrogens with zero attached hydrogens (tertiary/aromatic N) is 1. The molecule has 27 heavy (non-hydrogen) atoms. The highest BCUT2D eigenvalue weighted by Crippen LogP contribution is 2.45. The first-order valence-corrected chi connectivity index (χ1v) is 10.1. The minimum atomic E-state index is -0.669. The standard InChI is InChI=1S/C20H33N3O4/c1-4-6-10-22-19(26)17-14-9-8-13(7-5-2)15(18(25)21-3)16(14)20(27)23(17)11-12-24/h8-9,13-17,24H,4-7,10-12H2,1-3H3,(H,21,25)(H,22,26)/t13-,14+,15-,16+,17+/m1/s1. The van der Waals surface area contributed by atoms with E-state index in [0.29, 0.717) is 6.54 Å². The molecule has 5 atom stereocenters. The van der Waals surface area contributed by atoms with Gasteiger partial charge in [0.05, 0.1) is 18.4 Å². The molecule has 152 valence electrons. The molecule has 0 aromatic heterocycles. The van der Waals surface area contributed by atoms with Gasteiger partial charge in [-0.2, -0.15) is 0 Å². The van der Waals surface area contributed by atoms with Crippen LogP contribution in [0.3, 0.4) is 0 Å². The summed E-state index contributed by atoms with van der Waals surface area (Å²) in [5.41, 5.74) is 0. The summed E-state index contributed by atoms with van der Waals surface area (Å²) in [4.78, 5) is 40.1. The predicted octanol–water partition coefficient (Wildman–Crippen LogP) is 0.687. The molecule has 0 unspecified atom stereocenters. The van der Waals surface area contributed by atoms with Crippen LogP contribution in [0.2, 0.25) is 0 Å². The minimum Gasteiger partial charge on any atom is -0.395 e. The van der Waals surface area contributed by atoms with Crippen LogP contribution in [-0.4, -0.2) is 60.5 Å². The van der Waals surface area contributed by atoms with Crippen molar-refractivity contribution in [1.29, 1.82) is 0 Å². The SMILES string of the molecule is CCCCNC(=O)[C@@H]1[C@H]2C=C[C@@H](CCC)[C@@H](C(=O)NC)[C@H]2C(=O)N1CCO. The quantitative estimate of drug-likeness (QED) is 0.405. The van der Waals surface area contributed by atoms with Crippen LogP contribution in [0.4, 0.5) is 0 Å². The Morgan fingerprint density at radius 1 is 1.19 bits per heavy atom. The number of aliphatic hydroxyl groups excluding tert-OH is 1. The lowest BCUT2D eigenvalue weighted by Gasteiger charge is -2.34. The second-order valence-electron chi connectivity index (χ2n) is 7.43. The molecule has 3 N–H and O–H groups in total. The van der Waals surface area contributed by atoms with Gasteiger partial charge in [-0.05, 0) is 18.8 Å². The third-order valence-corrected chi connectivity index (χ3v) is 5.72. The fraction of sp³-hybridized carbons (Fsp3) is 0.750. The maximum atomic E-state index is 13.2. The minimum absolute atomic E-state index is 0.0157. The molecule has 0 aromatic carbocycles. The van der Waals surface area contributed by atoms with Crippen LogP contribution in [0.25, 0.3) is 0 Å². The summed E-state index contributed by atoms with van der Waals surface area (Å²) < 4.78 is 0. The highest BCUT2D eigenvalue weighted by molar-refractivity contribution is 5.96. The van der Waals surface area contributed by atoms with Gasteiger partial charge in [-0.25, -0.2) is 0 Å². The average Bonchev–Trinajstić information content (AvgIpc) is 2.94. The van der Waals surface area contributed by atoms with Crippen molar-refractivity contribution in [3.8, 4) is 0 Å². The molecule has 2 aliphatic rings. The van der Waals surface area contributed by atoms with Gasteiger partial charge >= 0.3 is 0 Å². The van der Waals surface area contributed by atoms with Crippen LogP contribution < -0.4 is 10.6 Å².